The summed E-state index contributed by atoms with van der Waals surface area (Å²) in [4.78, 5) is 110. The minimum atomic E-state index is -1.22. The van der Waals surface area contributed by atoms with Crippen molar-refractivity contribution >= 4 is 47.3 Å². The van der Waals surface area contributed by atoms with Crippen LogP contribution in [0.3, 0.4) is 0 Å². The highest BCUT2D eigenvalue weighted by molar-refractivity contribution is 5.97. The van der Waals surface area contributed by atoms with Crippen LogP contribution in [-0.4, -0.2) is 141 Å². The van der Waals surface area contributed by atoms with Crippen LogP contribution in [0.15, 0.2) is 0 Å². The van der Waals surface area contributed by atoms with Crippen molar-refractivity contribution in [1.29, 1.82) is 0 Å². The predicted octanol–water partition coefficient (Wildman–Crippen LogP) is 1.02. The molecule has 75 heavy (non-hydrogen) atoms. The molecule has 434 valence electrons. The molecule has 8 amide bonds. The van der Waals surface area contributed by atoms with Crippen LogP contribution in [0.2, 0.25) is 0 Å². The summed E-state index contributed by atoms with van der Waals surface area (Å²) in [6, 6.07) is -6.68. The zero-order valence-corrected chi connectivity index (χ0v) is 45.8. The molecule has 1 rings (SSSR count). The van der Waals surface area contributed by atoms with Crippen LogP contribution in [-0.2, 0) is 38.4 Å². The van der Waals surface area contributed by atoms with Gasteiger partial charge in [0, 0.05) is 6.54 Å². The maximum atomic E-state index is 14.3. The minimum absolute atomic E-state index is 0.0605. The highest BCUT2D eigenvalue weighted by Gasteiger charge is 2.33. The smallest absolute Gasteiger partial charge is 0.243 e. The van der Waals surface area contributed by atoms with Crippen LogP contribution in [0.25, 0.3) is 0 Å². The van der Waals surface area contributed by atoms with Gasteiger partial charge < -0.3 is 76.3 Å². The van der Waals surface area contributed by atoms with Crippen LogP contribution in [0.4, 0.5) is 0 Å². The van der Waals surface area contributed by atoms with Crippen molar-refractivity contribution in [3.63, 3.8) is 0 Å². The van der Waals surface area contributed by atoms with Gasteiger partial charge in [0.05, 0.1) is 19.1 Å². The third-order valence-corrected chi connectivity index (χ3v) is 13.5. The lowest BCUT2D eigenvalue weighted by molar-refractivity contribution is -0.135. The highest BCUT2D eigenvalue weighted by atomic mass is 16.3. The molecule has 0 radical (unpaired) electrons. The first-order chi connectivity index (χ1) is 36.2. The summed E-state index contributed by atoms with van der Waals surface area (Å²) >= 11 is 0. The number of hydrogen-bond acceptors (Lipinski definition) is 14. The molecule has 7 atom stereocenters. The van der Waals surface area contributed by atoms with Gasteiger partial charge >= 0.3 is 0 Å². The summed E-state index contributed by atoms with van der Waals surface area (Å²) in [7, 11) is 0. The molecule has 1 aliphatic heterocycles. The summed E-state index contributed by atoms with van der Waals surface area (Å²) in [5.41, 5.74) is 28.9. The van der Waals surface area contributed by atoms with Crippen molar-refractivity contribution in [1.82, 2.24) is 42.5 Å². The zero-order valence-electron chi connectivity index (χ0n) is 45.8. The average Bonchev–Trinajstić information content (AvgIpc) is 3.38. The molecule has 0 aromatic heterocycles. The van der Waals surface area contributed by atoms with E-state index >= 15 is 0 Å². The number of aliphatic hydroxyl groups excluding tert-OH is 1. The first-order valence-electron chi connectivity index (χ1n) is 28.8. The largest absolute Gasteiger partial charge is 0.393 e. The van der Waals surface area contributed by atoms with Crippen LogP contribution >= 0.6 is 0 Å². The Balaban J connectivity index is 3.29. The van der Waals surface area contributed by atoms with Crippen LogP contribution in [0, 0.1) is 0 Å². The van der Waals surface area contributed by atoms with Crippen molar-refractivity contribution < 1.29 is 43.5 Å². The fourth-order valence-corrected chi connectivity index (χ4v) is 8.93. The Morgan fingerprint density at radius 1 is 0.520 bits per heavy atom. The monoisotopic (exact) mass is 1070 g/mol. The van der Waals surface area contributed by atoms with Gasteiger partial charge in [-0.25, -0.2) is 0 Å². The number of nitrogens with two attached hydrogens (primary N) is 5. The number of amides is 8. The third kappa shape index (κ3) is 33.3. The fourth-order valence-electron chi connectivity index (χ4n) is 8.93. The van der Waals surface area contributed by atoms with Gasteiger partial charge in [0.15, 0.2) is 0 Å². The number of aliphatic hydroxyl groups is 1. The molecule has 0 saturated carbocycles. The standard InChI is InChI=1S/C53H103N13O9/c1-2-3-4-5-6-7-8-9-10-11-12-24-39(67)37-46(68)60-38-47(69)61-41(30-23-35-58)49(71)63-45-29-17-22-36-59-48(70)40(25-13-18-31-54)62-50(72)42(26-14-19-32-55)64-51(73)43(27-15-20-33-56)65-52(74)44(66-53(45)75)28-16-21-34-57/h39-45,67H,2-38,54-58H2,1H3,(H,59,70)(H,60,68)(H,61,69)(H,62,72)(H,63,71)(H,64,73)(H,65,74)(H,66,75)/t39-,40?,41+,42-,43-,44?,45?/m1/s1. The second-order valence-electron chi connectivity index (χ2n) is 20.2. The molecule has 0 aliphatic carbocycles. The van der Waals surface area contributed by atoms with E-state index in [-0.39, 0.29) is 58.0 Å². The molecule has 0 spiro atoms. The Morgan fingerprint density at radius 2 is 0.947 bits per heavy atom. The quantitative estimate of drug-likeness (QED) is 0.0384. The van der Waals surface area contributed by atoms with E-state index in [4.69, 9.17) is 28.7 Å². The SMILES string of the molecule is CCCCCCCCCCCCC[C@@H](O)CC(=O)NCC(=O)N[C@@H](CCCN)C(=O)NC1CCCCNC(=O)C(CCCCN)NC(=O)[C@@H](CCCCN)NC(=O)[C@@H](CCCCN)NC(=O)C(CCCCN)NC1=O. The van der Waals surface area contributed by atoms with Crippen molar-refractivity contribution in [3.05, 3.63) is 0 Å². The van der Waals surface area contributed by atoms with Crippen molar-refractivity contribution in [2.75, 3.05) is 45.8 Å². The Bertz CT molecular complexity index is 1610. The molecule has 3 unspecified atom stereocenters. The Hall–Kier alpha value is -4.48. The molecule has 1 fully saturated rings. The van der Waals surface area contributed by atoms with E-state index in [9.17, 15) is 43.5 Å². The Morgan fingerprint density at radius 3 is 1.40 bits per heavy atom. The second kappa shape index (κ2) is 44.6. The molecule has 1 heterocycles. The van der Waals surface area contributed by atoms with Crippen LogP contribution in [0.5, 0.6) is 0 Å². The zero-order chi connectivity index (χ0) is 55.5. The van der Waals surface area contributed by atoms with Gasteiger partial charge in [-0.3, -0.25) is 38.4 Å². The van der Waals surface area contributed by atoms with E-state index in [1.165, 1.54) is 44.9 Å². The summed E-state index contributed by atoms with van der Waals surface area (Å²) in [5.74, 6) is -4.86. The molecule has 1 aliphatic rings. The average molecular weight is 1070 g/mol. The van der Waals surface area contributed by atoms with Crippen molar-refractivity contribution in [2.24, 2.45) is 28.7 Å². The van der Waals surface area contributed by atoms with Gasteiger partial charge in [0.25, 0.3) is 0 Å². The summed E-state index contributed by atoms with van der Waals surface area (Å²) in [6.07, 6.45) is 18.5. The molecule has 22 heteroatoms. The summed E-state index contributed by atoms with van der Waals surface area (Å²) in [5, 5.41) is 32.6. The van der Waals surface area contributed by atoms with Gasteiger partial charge in [-0.15, -0.1) is 0 Å². The predicted molar refractivity (Wildman–Crippen MR) is 293 cm³/mol. The van der Waals surface area contributed by atoms with Gasteiger partial charge in [0.1, 0.15) is 36.3 Å². The summed E-state index contributed by atoms with van der Waals surface area (Å²) in [6.45, 7) is 3.53. The Labute approximate surface area is 448 Å². The third-order valence-electron chi connectivity index (χ3n) is 13.5. The first-order valence-corrected chi connectivity index (χ1v) is 28.8. The summed E-state index contributed by atoms with van der Waals surface area (Å²) < 4.78 is 0. The first kappa shape index (κ1) is 68.5. The number of carbonyl (C=O) groups is 8. The maximum absolute atomic E-state index is 14.3. The van der Waals surface area contributed by atoms with Crippen molar-refractivity contribution in [3.8, 4) is 0 Å². The number of carbonyl (C=O) groups excluding carboxylic acids is 8. The van der Waals surface area contributed by atoms with Crippen molar-refractivity contribution in [2.45, 2.75) is 242 Å². The molecule has 0 bridgehead atoms. The normalized spacial score (nSPS) is 20.2. The van der Waals surface area contributed by atoms with E-state index in [0.717, 1.165) is 25.7 Å². The molecule has 1 saturated heterocycles. The van der Waals surface area contributed by atoms with E-state index < -0.39 is 96.2 Å². The number of rotatable bonds is 38. The maximum Gasteiger partial charge on any atom is 0.243 e. The van der Waals surface area contributed by atoms with Gasteiger partial charge in [-0.2, -0.15) is 0 Å². The molecule has 0 aromatic rings. The minimum Gasteiger partial charge on any atom is -0.393 e. The molecular weight excluding hydrogens is 963 g/mol. The molecule has 19 N–H and O–H groups in total. The second-order valence-corrected chi connectivity index (χ2v) is 20.2. The van der Waals surface area contributed by atoms with E-state index in [0.29, 0.717) is 103 Å². The fraction of sp³-hybridized carbons (Fsp3) is 0.849. The number of hydrogen-bond donors (Lipinski definition) is 14. The molecular formula is C53H103N13O9. The highest BCUT2D eigenvalue weighted by Crippen LogP contribution is 2.15. The van der Waals surface area contributed by atoms with E-state index in [1.54, 1.807) is 0 Å². The van der Waals surface area contributed by atoms with Gasteiger partial charge in [-0.1, -0.05) is 77.6 Å². The molecule has 0 aromatic carbocycles. The lowest BCUT2D eigenvalue weighted by atomic mass is 10.0. The Kier molecular flexibility index (Phi) is 40.8. The number of unbranched alkanes of at least 4 members (excludes halogenated alkanes) is 14. The number of nitrogens with one attached hydrogen (secondary N) is 8. The van der Waals surface area contributed by atoms with Gasteiger partial charge in [-0.05, 0) is 148 Å². The van der Waals surface area contributed by atoms with Crippen LogP contribution in [0.1, 0.15) is 200 Å². The lowest BCUT2D eigenvalue weighted by Crippen LogP contribution is -2.59. The lowest BCUT2D eigenvalue weighted by Gasteiger charge is -2.28. The van der Waals surface area contributed by atoms with E-state index in [1.807, 2.05) is 0 Å². The van der Waals surface area contributed by atoms with Gasteiger partial charge in [0.2, 0.25) is 47.3 Å². The van der Waals surface area contributed by atoms with Crippen LogP contribution < -0.4 is 71.2 Å². The molecule has 22 nitrogen and oxygen atoms in total. The topological polar surface area (TPSA) is 383 Å². The van der Waals surface area contributed by atoms with E-state index in [2.05, 4.69) is 49.5 Å².